The van der Waals surface area contributed by atoms with E-state index in [0.29, 0.717) is 6.61 Å². The van der Waals surface area contributed by atoms with Crippen molar-refractivity contribution in [3.63, 3.8) is 0 Å². The van der Waals surface area contributed by atoms with Crippen molar-refractivity contribution >= 4 is 5.91 Å². The van der Waals surface area contributed by atoms with E-state index in [1.54, 1.807) is 12.1 Å². The van der Waals surface area contributed by atoms with Gasteiger partial charge in [0.15, 0.2) is 0 Å². The molecular weight excluding hydrogens is 313 g/mol. The van der Waals surface area contributed by atoms with E-state index in [4.69, 9.17) is 4.74 Å². The molecule has 1 aliphatic rings. The normalized spacial score (nSPS) is 18.3. The Kier molecular flexibility index (Phi) is 4.71. The molecule has 1 fully saturated rings. The van der Waals surface area contributed by atoms with Crippen molar-refractivity contribution in [1.82, 2.24) is 15.1 Å². The van der Waals surface area contributed by atoms with Gasteiger partial charge in [0, 0.05) is 19.7 Å². The Morgan fingerprint density at radius 2 is 2.08 bits per heavy atom. The van der Waals surface area contributed by atoms with Crippen molar-refractivity contribution in [2.45, 2.75) is 25.0 Å². The van der Waals surface area contributed by atoms with E-state index in [0.717, 1.165) is 23.1 Å². The number of nitrogens with zero attached hydrogens (tertiary/aromatic N) is 2. The molecule has 0 saturated carbocycles. The fourth-order valence-electron chi connectivity index (χ4n) is 2.77. The first-order valence-electron chi connectivity index (χ1n) is 7.77. The fraction of sp³-hybridized carbons (Fsp3) is 0.353. The van der Waals surface area contributed by atoms with E-state index in [1.165, 1.54) is 31.3 Å². The van der Waals surface area contributed by atoms with Crippen LogP contribution in [0.4, 0.5) is 4.39 Å². The first-order valence-corrected chi connectivity index (χ1v) is 7.77. The molecule has 2 aromatic rings. The number of ether oxygens (including phenoxy) is 1. The monoisotopic (exact) mass is 331 g/mol. The second-order valence-electron chi connectivity index (χ2n) is 5.73. The van der Waals surface area contributed by atoms with E-state index in [-0.39, 0.29) is 23.2 Å². The molecular formula is C17H18FN3O3. The summed E-state index contributed by atoms with van der Waals surface area (Å²) in [5.41, 5.74) is 0.615. The zero-order valence-corrected chi connectivity index (χ0v) is 13.2. The molecule has 0 bridgehead atoms. The molecule has 0 unspecified atom stereocenters. The lowest BCUT2D eigenvalue weighted by atomic mass is 9.99. The predicted molar refractivity (Wildman–Crippen MR) is 85.1 cm³/mol. The lowest BCUT2D eigenvalue weighted by Gasteiger charge is -2.24. The van der Waals surface area contributed by atoms with Gasteiger partial charge in [-0.05, 0) is 36.6 Å². The van der Waals surface area contributed by atoms with Gasteiger partial charge in [-0.3, -0.25) is 9.59 Å². The van der Waals surface area contributed by atoms with Gasteiger partial charge in [-0.1, -0.05) is 12.1 Å². The molecule has 0 aliphatic carbocycles. The summed E-state index contributed by atoms with van der Waals surface area (Å²) in [5, 5.41) is 6.84. The Labute approximate surface area is 138 Å². The Hall–Kier alpha value is -2.54. The molecule has 1 N–H and O–H groups in total. The minimum absolute atomic E-state index is 0.141. The molecule has 126 valence electrons. The predicted octanol–water partition coefficient (Wildman–Crippen LogP) is 1.57. The van der Waals surface area contributed by atoms with E-state index < -0.39 is 11.9 Å². The van der Waals surface area contributed by atoms with Gasteiger partial charge >= 0.3 is 0 Å². The van der Waals surface area contributed by atoms with Crippen LogP contribution in [0.1, 0.15) is 34.9 Å². The highest BCUT2D eigenvalue weighted by Crippen LogP contribution is 2.27. The first-order chi connectivity index (χ1) is 11.5. The maximum absolute atomic E-state index is 13.2. The zero-order chi connectivity index (χ0) is 17.1. The van der Waals surface area contributed by atoms with Gasteiger partial charge in [0.2, 0.25) is 0 Å². The fourth-order valence-corrected chi connectivity index (χ4v) is 2.77. The van der Waals surface area contributed by atoms with Gasteiger partial charge in [-0.15, -0.1) is 0 Å². The van der Waals surface area contributed by atoms with Crippen molar-refractivity contribution < 1.29 is 13.9 Å². The van der Waals surface area contributed by atoms with Crippen LogP contribution in [0.15, 0.2) is 41.2 Å². The van der Waals surface area contributed by atoms with Crippen LogP contribution in [0.2, 0.25) is 0 Å². The Bertz CT molecular complexity index is 782. The highest BCUT2D eigenvalue weighted by molar-refractivity contribution is 5.92. The van der Waals surface area contributed by atoms with Gasteiger partial charge in [0.05, 0.1) is 12.1 Å². The van der Waals surface area contributed by atoms with E-state index in [2.05, 4.69) is 10.4 Å². The number of carbonyl (C=O) groups is 1. The summed E-state index contributed by atoms with van der Waals surface area (Å²) >= 11 is 0. The van der Waals surface area contributed by atoms with Crippen LogP contribution in [0.5, 0.6) is 0 Å². The number of nitrogens with one attached hydrogen (secondary N) is 1. The van der Waals surface area contributed by atoms with Crippen LogP contribution in [-0.2, 0) is 11.8 Å². The average molecular weight is 331 g/mol. The van der Waals surface area contributed by atoms with E-state index in [9.17, 15) is 14.0 Å². The summed E-state index contributed by atoms with van der Waals surface area (Å²) in [4.78, 5) is 23.9. The second kappa shape index (κ2) is 6.92. The SMILES string of the molecule is Cn1nc(C(=O)N[C@H](c2ccc(F)cc2)[C@@H]2CCCO2)ccc1=O. The minimum Gasteiger partial charge on any atom is -0.376 e. The maximum Gasteiger partial charge on any atom is 0.272 e. The zero-order valence-electron chi connectivity index (χ0n) is 13.2. The van der Waals surface area contributed by atoms with Gasteiger partial charge in [0.1, 0.15) is 11.5 Å². The highest BCUT2D eigenvalue weighted by atomic mass is 19.1. The van der Waals surface area contributed by atoms with Gasteiger partial charge in [0.25, 0.3) is 11.5 Å². The Balaban J connectivity index is 1.85. The highest BCUT2D eigenvalue weighted by Gasteiger charge is 2.29. The molecule has 1 amide bonds. The number of rotatable bonds is 4. The number of amides is 1. The van der Waals surface area contributed by atoms with Crippen LogP contribution >= 0.6 is 0 Å². The second-order valence-corrected chi connectivity index (χ2v) is 5.73. The standard InChI is InChI=1S/C17H18FN3O3/c1-21-15(22)9-8-13(20-21)17(23)19-16(14-3-2-10-24-14)11-4-6-12(18)7-5-11/h4-9,14,16H,2-3,10H2,1H3,(H,19,23)/t14-,16+/m0/s1. The van der Waals surface area contributed by atoms with Crippen LogP contribution in [0.3, 0.4) is 0 Å². The summed E-state index contributed by atoms with van der Waals surface area (Å²) in [7, 11) is 1.48. The average Bonchev–Trinajstić information content (AvgIpc) is 3.10. The smallest absolute Gasteiger partial charge is 0.272 e. The number of halogens is 1. The molecule has 0 radical (unpaired) electrons. The Morgan fingerprint density at radius 3 is 2.71 bits per heavy atom. The number of aromatic nitrogens is 2. The summed E-state index contributed by atoms with van der Waals surface area (Å²) < 4.78 is 20.0. The van der Waals surface area contributed by atoms with E-state index >= 15 is 0 Å². The summed E-state index contributed by atoms with van der Waals surface area (Å²) in [6.45, 7) is 0.635. The number of benzene rings is 1. The van der Waals surface area contributed by atoms with Crippen molar-refractivity contribution in [2.75, 3.05) is 6.61 Å². The molecule has 1 aliphatic heterocycles. The lowest BCUT2D eigenvalue weighted by Crippen LogP contribution is -2.37. The largest absolute Gasteiger partial charge is 0.376 e. The molecule has 2 atom stereocenters. The van der Waals surface area contributed by atoms with Crippen molar-refractivity contribution in [3.8, 4) is 0 Å². The van der Waals surface area contributed by atoms with Crippen molar-refractivity contribution in [3.05, 3.63) is 63.8 Å². The van der Waals surface area contributed by atoms with Crippen LogP contribution in [0.25, 0.3) is 0 Å². The Morgan fingerprint density at radius 1 is 1.33 bits per heavy atom. The summed E-state index contributed by atoms with van der Waals surface area (Å²) in [6, 6.07) is 8.25. The number of carbonyl (C=O) groups excluding carboxylic acids is 1. The first kappa shape index (κ1) is 16.3. The molecule has 1 saturated heterocycles. The third-order valence-corrected chi connectivity index (χ3v) is 4.05. The van der Waals surface area contributed by atoms with Crippen molar-refractivity contribution in [1.29, 1.82) is 0 Å². The molecule has 2 heterocycles. The molecule has 6 nitrogen and oxygen atoms in total. The van der Waals surface area contributed by atoms with Crippen LogP contribution in [-0.4, -0.2) is 28.4 Å². The van der Waals surface area contributed by atoms with E-state index in [1.807, 2.05) is 0 Å². The van der Waals surface area contributed by atoms with Gasteiger partial charge in [-0.25, -0.2) is 9.07 Å². The molecule has 3 rings (SSSR count). The van der Waals surface area contributed by atoms with Crippen molar-refractivity contribution in [2.24, 2.45) is 7.05 Å². The number of hydrogen-bond acceptors (Lipinski definition) is 4. The summed E-state index contributed by atoms with van der Waals surface area (Å²) in [5.74, 6) is -0.744. The van der Waals surface area contributed by atoms with Crippen LogP contribution < -0.4 is 10.9 Å². The van der Waals surface area contributed by atoms with Gasteiger partial charge in [-0.2, -0.15) is 5.10 Å². The third kappa shape index (κ3) is 3.51. The third-order valence-electron chi connectivity index (χ3n) is 4.05. The molecule has 24 heavy (non-hydrogen) atoms. The minimum atomic E-state index is -0.407. The molecule has 0 spiro atoms. The quantitative estimate of drug-likeness (QED) is 0.923. The number of hydrogen-bond donors (Lipinski definition) is 1. The molecule has 7 heteroatoms. The molecule has 1 aromatic heterocycles. The molecule has 1 aromatic carbocycles. The maximum atomic E-state index is 13.2. The lowest BCUT2D eigenvalue weighted by molar-refractivity contribution is 0.0668. The number of aryl methyl sites for hydroxylation is 1. The van der Waals surface area contributed by atoms with Gasteiger partial charge < -0.3 is 10.1 Å². The van der Waals surface area contributed by atoms with Crippen LogP contribution in [0, 0.1) is 5.82 Å². The summed E-state index contributed by atoms with van der Waals surface area (Å²) in [6.07, 6.45) is 1.55. The topological polar surface area (TPSA) is 73.2 Å².